The van der Waals surface area contributed by atoms with E-state index in [0.717, 1.165) is 18.2 Å². The smallest absolute Gasteiger partial charge is 0.319 e. The zero-order valence-corrected chi connectivity index (χ0v) is 17.8. The Morgan fingerprint density at radius 1 is 0.794 bits per heavy atom. The molecule has 34 heavy (non-hydrogen) atoms. The van der Waals surface area contributed by atoms with Crippen molar-refractivity contribution >= 4 is 53.8 Å². The number of phenols is 2. The van der Waals surface area contributed by atoms with E-state index in [9.17, 15) is 51.8 Å². The molecule has 3 aromatic carbocycles. The topological polar surface area (TPSA) is 260 Å². The highest BCUT2D eigenvalue weighted by atomic mass is 32.2. The summed E-state index contributed by atoms with van der Waals surface area (Å²) in [6.45, 7) is 0. The number of benzene rings is 3. The minimum absolute atomic E-state index is 0.219. The first-order chi connectivity index (χ1) is 15.6. The van der Waals surface area contributed by atoms with Crippen LogP contribution >= 0.6 is 0 Å². The van der Waals surface area contributed by atoms with E-state index in [2.05, 4.69) is 10.2 Å². The Balaban J connectivity index is 2.31. The quantitative estimate of drug-likeness (QED) is 0.160. The summed E-state index contributed by atoms with van der Waals surface area (Å²) in [5, 5.41) is 48.8. The molecule has 0 spiro atoms. The molecule has 0 radical (unpaired) electrons. The maximum absolute atomic E-state index is 11.8. The number of aromatic hydroxyl groups is 2. The molecule has 0 aliphatic carbocycles. The highest BCUT2D eigenvalue weighted by Gasteiger charge is 2.26. The number of hydrogen-bond donors (Lipinski definition) is 4. The third kappa shape index (κ3) is 4.59. The number of nitro groups is 2. The number of fused-ring (bicyclic) bond motifs is 1. The molecule has 16 nitrogen and oxygen atoms in total. The number of nitrogens with zero attached hydrogens (tertiary/aromatic N) is 4. The average Bonchev–Trinajstić information content (AvgIpc) is 2.71. The Bertz CT molecular complexity index is 1630. The van der Waals surface area contributed by atoms with Crippen LogP contribution in [0.2, 0.25) is 0 Å². The number of azo groups is 1. The van der Waals surface area contributed by atoms with Gasteiger partial charge in [0.15, 0.2) is 5.75 Å². The monoisotopic (exact) mass is 514 g/mol. The maximum Gasteiger partial charge on any atom is 0.319 e. The maximum atomic E-state index is 11.8. The molecule has 0 aliphatic rings. The van der Waals surface area contributed by atoms with Gasteiger partial charge in [0.2, 0.25) is 5.75 Å². The molecular weight excluding hydrogens is 504 g/mol. The van der Waals surface area contributed by atoms with Crippen molar-refractivity contribution in [2.75, 3.05) is 0 Å². The van der Waals surface area contributed by atoms with Gasteiger partial charge in [0, 0.05) is 11.5 Å². The lowest BCUT2D eigenvalue weighted by Gasteiger charge is -2.09. The average molecular weight is 514 g/mol. The van der Waals surface area contributed by atoms with Gasteiger partial charge in [-0.2, -0.15) is 16.8 Å². The number of phenolic OH excluding ortho intramolecular Hbond substituents is 2. The van der Waals surface area contributed by atoms with Gasteiger partial charge in [-0.25, -0.2) is 0 Å². The van der Waals surface area contributed by atoms with Crippen molar-refractivity contribution in [2.24, 2.45) is 10.2 Å². The SMILES string of the molecule is O=[N+]([O-])c1cc(N=Nc2c(S(=O)(=O)O)cc3cc(S(=O)(=O)O)ccc3c2O)c(O)c([N+](=O)[O-])c1. The zero-order valence-electron chi connectivity index (χ0n) is 16.1. The van der Waals surface area contributed by atoms with Crippen molar-refractivity contribution in [2.45, 2.75) is 9.79 Å². The largest absolute Gasteiger partial charge is 0.505 e. The third-order valence-electron chi connectivity index (χ3n) is 4.32. The fraction of sp³-hybridized carbons (Fsp3) is 0. The minimum atomic E-state index is -5.16. The second-order valence-corrected chi connectivity index (χ2v) is 9.26. The van der Waals surface area contributed by atoms with Crippen molar-refractivity contribution in [3.63, 3.8) is 0 Å². The fourth-order valence-electron chi connectivity index (χ4n) is 2.80. The van der Waals surface area contributed by atoms with E-state index in [1.54, 1.807) is 0 Å². The lowest BCUT2D eigenvalue weighted by atomic mass is 10.1. The van der Waals surface area contributed by atoms with Crippen LogP contribution in [0.5, 0.6) is 11.5 Å². The summed E-state index contributed by atoms with van der Waals surface area (Å²) in [5.41, 5.74) is -3.76. The van der Waals surface area contributed by atoms with Gasteiger partial charge in [-0.3, -0.25) is 29.3 Å². The molecule has 0 heterocycles. The number of hydrogen-bond acceptors (Lipinski definition) is 12. The summed E-state index contributed by atoms with van der Waals surface area (Å²) in [4.78, 5) is 18.1. The fourth-order valence-corrected chi connectivity index (χ4v) is 3.97. The Kier molecular flexibility index (Phi) is 5.92. The Morgan fingerprint density at radius 3 is 1.97 bits per heavy atom. The van der Waals surface area contributed by atoms with Gasteiger partial charge < -0.3 is 10.2 Å². The molecule has 18 heteroatoms. The molecule has 0 fully saturated rings. The van der Waals surface area contributed by atoms with Crippen molar-refractivity contribution in [3.05, 3.63) is 56.6 Å². The van der Waals surface area contributed by atoms with Gasteiger partial charge in [-0.05, 0) is 29.7 Å². The zero-order chi connectivity index (χ0) is 25.6. The van der Waals surface area contributed by atoms with Gasteiger partial charge in [-0.15, -0.1) is 10.2 Å². The van der Waals surface area contributed by atoms with E-state index in [1.807, 2.05) is 0 Å². The van der Waals surface area contributed by atoms with Crippen molar-refractivity contribution in [1.82, 2.24) is 0 Å². The van der Waals surface area contributed by atoms with E-state index in [-0.39, 0.29) is 10.8 Å². The predicted octanol–water partition coefficient (Wildman–Crippen LogP) is 2.98. The Labute approximate surface area is 188 Å². The normalized spacial score (nSPS) is 12.3. The van der Waals surface area contributed by atoms with Crippen LogP contribution in [-0.4, -0.2) is 46.0 Å². The summed E-state index contributed by atoms with van der Waals surface area (Å²) >= 11 is 0. The van der Waals surface area contributed by atoms with Crippen LogP contribution in [0.1, 0.15) is 0 Å². The van der Waals surface area contributed by atoms with Crippen LogP contribution in [0, 0.1) is 20.2 Å². The molecule has 0 saturated carbocycles. The van der Waals surface area contributed by atoms with Gasteiger partial charge in [0.1, 0.15) is 16.3 Å². The molecule has 3 rings (SSSR count). The van der Waals surface area contributed by atoms with Crippen molar-refractivity contribution in [3.8, 4) is 11.5 Å². The first kappa shape index (κ1) is 24.4. The lowest BCUT2D eigenvalue weighted by Crippen LogP contribution is -2.00. The summed E-state index contributed by atoms with van der Waals surface area (Å²) < 4.78 is 65.0. The second kappa shape index (κ2) is 8.26. The van der Waals surface area contributed by atoms with E-state index >= 15 is 0 Å². The van der Waals surface area contributed by atoms with Gasteiger partial charge in [-0.1, -0.05) is 0 Å². The molecule has 0 unspecified atom stereocenters. The summed E-state index contributed by atoms with van der Waals surface area (Å²) in [7, 11) is -9.87. The van der Waals surface area contributed by atoms with Crippen LogP contribution in [0.3, 0.4) is 0 Å². The van der Waals surface area contributed by atoms with E-state index in [0.29, 0.717) is 18.2 Å². The first-order valence-electron chi connectivity index (χ1n) is 8.43. The van der Waals surface area contributed by atoms with Gasteiger partial charge >= 0.3 is 5.69 Å². The van der Waals surface area contributed by atoms with Crippen LogP contribution < -0.4 is 0 Å². The predicted molar refractivity (Wildman–Crippen MR) is 111 cm³/mol. The molecule has 3 aromatic rings. The van der Waals surface area contributed by atoms with Crippen molar-refractivity contribution < 1.29 is 46.0 Å². The number of nitro benzene ring substituents is 2. The molecule has 0 aromatic heterocycles. The van der Waals surface area contributed by atoms with Crippen LogP contribution in [-0.2, 0) is 20.2 Å². The minimum Gasteiger partial charge on any atom is -0.505 e. The Morgan fingerprint density at radius 2 is 1.44 bits per heavy atom. The van der Waals surface area contributed by atoms with Crippen LogP contribution in [0.4, 0.5) is 22.7 Å². The van der Waals surface area contributed by atoms with Crippen molar-refractivity contribution in [1.29, 1.82) is 0 Å². The highest BCUT2D eigenvalue weighted by molar-refractivity contribution is 7.86. The first-order valence-corrected chi connectivity index (χ1v) is 11.3. The van der Waals surface area contributed by atoms with E-state index in [1.165, 1.54) is 0 Å². The van der Waals surface area contributed by atoms with E-state index < -0.39 is 74.1 Å². The highest BCUT2D eigenvalue weighted by Crippen LogP contribution is 2.44. The summed E-state index contributed by atoms with van der Waals surface area (Å²) in [6, 6.07) is 4.32. The van der Waals surface area contributed by atoms with Crippen LogP contribution in [0.15, 0.2) is 56.4 Å². The van der Waals surface area contributed by atoms with Gasteiger partial charge in [0.25, 0.3) is 25.9 Å². The lowest BCUT2D eigenvalue weighted by molar-refractivity contribution is -0.394. The molecule has 0 atom stereocenters. The standard InChI is InChI=1S/C16H10N4O12S2/c21-15-10-2-1-9(33(27,28)29)3-7(10)4-13(34(30,31)32)14(15)18-17-11-5-8(19(23)24)6-12(16(11)22)20(25)26/h1-6,21-22H,(H,27,28,29)(H,30,31,32). The molecule has 0 amide bonds. The molecule has 4 N–H and O–H groups in total. The van der Waals surface area contributed by atoms with Crippen LogP contribution in [0.25, 0.3) is 10.8 Å². The molecule has 0 saturated heterocycles. The van der Waals surface area contributed by atoms with Gasteiger partial charge in [0.05, 0.1) is 20.8 Å². The summed E-state index contributed by atoms with van der Waals surface area (Å²) in [5.74, 6) is -2.12. The number of rotatable bonds is 6. The molecule has 178 valence electrons. The Hall–Kier alpha value is -4.26. The molecule has 0 aliphatic heterocycles. The number of non-ortho nitro benzene ring substituents is 1. The molecular formula is C16H10N4O12S2. The van der Waals surface area contributed by atoms with E-state index in [4.69, 9.17) is 4.55 Å². The summed E-state index contributed by atoms with van der Waals surface area (Å²) in [6.07, 6.45) is 0. The third-order valence-corrected chi connectivity index (χ3v) is 6.03. The molecule has 0 bridgehead atoms. The second-order valence-electron chi connectivity index (χ2n) is 6.45.